The second-order valence-corrected chi connectivity index (χ2v) is 9.01. The van der Waals surface area contributed by atoms with Crippen LogP contribution in [-0.2, 0) is 0 Å². The van der Waals surface area contributed by atoms with Crippen LogP contribution in [0.3, 0.4) is 0 Å². The zero-order valence-corrected chi connectivity index (χ0v) is 19.2. The van der Waals surface area contributed by atoms with Crippen LogP contribution in [-0.4, -0.2) is 0 Å². The van der Waals surface area contributed by atoms with Gasteiger partial charge in [0, 0.05) is 29.2 Å². The Bertz CT molecular complexity index is 1440. The van der Waals surface area contributed by atoms with Crippen molar-refractivity contribution in [1.82, 2.24) is 0 Å². The summed E-state index contributed by atoms with van der Waals surface area (Å²) >= 11 is 0. The second kappa shape index (κ2) is 8.00. The van der Waals surface area contributed by atoms with E-state index in [0.717, 1.165) is 5.69 Å². The molecule has 2 aliphatic rings. The lowest BCUT2D eigenvalue weighted by molar-refractivity contribution is 1.28. The summed E-state index contributed by atoms with van der Waals surface area (Å²) in [4.78, 5) is 2.29. The van der Waals surface area contributed by atoms with Crippen LogP contribution in [0.4, 0.5) is 5.69 Å². The monoisotopic (exact) mass is 445 g/mol. The van der Waals surface area contributed by atoms with Gasteiger partial charge in [0.1, 0.15) is 0 Å². The van der Waals surface area contributed by atoms with Crippen molar-refractivity contribution in [3.63, 3.8) is 0 Å². The van der Waals surface area contributed by atoms with Gasteiger partial charge in [-0.05, 0) is 56.6 Å². The molecule has 1 nitrogen and oxygen atoms in total. The maximum absolute atomic E-state index is 2.30. The summed E-state index contributed by atoms with van der Waals surface area (Å²) in [6.07, 6.45) is 4.60. The highest BCUT2D eigenvalue weighted by molar-refractivity contribution is 6.04. The first-order chi connectivity index (χ1) is 17.4. The van der Waals surface area contributed by atoms with E-state index in [1.54, 1.807) is 0 Å². The van der Waals surface area contributed by atoms with Crippen molar-refractivity contribution in [2.24, 2.45) is 0 Å². The Balaban J connectivity index is 1.47. The molecular weight excluding hydrogens is 422 g/mol. The second-order valence-electron chi connectivity index (χ2n) is 9.01. The summed E-state index contributed by atoms with van der Waals surface area (Å²) in [6, 6.07) is 45.5. The van der Waals surface area contributed by atoms with Crippen molar-refractivity contribution in [2.75, 3.05) is 4.90 Å². The molecule has 0 aromatic heterocycles. The average Bonchev–Trinajstić information content (AvgIpc) is 3.42. The highest BCUT2D eigenvalue weighted by Crippen LogP contribution is 2.46. The molecule has 1 heteroatoms. The molecule has 35 heavy (non-hydrogen) atoms. The Hall–Kier alpha value is -4.62. The van der Waals surface area contributed by atoms with Gasteiger partial charge in [-0.2, -0.15) is 0 Å². The van der Waals surface area contributed by atoms with E-state index < -0.39 is 0 Å². The lowest BCUT2D eigenvalue weighted by Gasteiger charge is -2.20. The maximum Gasteiger partial charge on any atom is 0.0449 e. The van der Waals surface area contributed by atoms with Crippen LogP contribution in [0.25, 0.3) is 33.4 Å². The van der Waals surface area contributed by atoms with E-state index in [2.05, 4.69) is 145 Å². The van der Waals surface area contributed by atoms with Crippen LogP contribution in [0.2, 0.25) is 0 Å². The molecule has 0 aliphatic heterocycles. The standard InChI is InChI=1S/C34H23N/c1-2-12-24(13-3-1)35(22-33-29-18-8-4-14-25(29)26-15-5-9-19-30(26)33)23-34-31-20-10-6-16-27(31)28-17-7-11-21-32(28)34/h1-23H. The molecule has 0 heterocycles. The number of nitrogens with zero attached hydrogens (tertiary/aromatic N) is 1. The fourth-order valence-electron chi connectivity index (χ4n) is 5.44. The first-order valence-electron chi connectivity index (χ1n) is 12.0. The molecule has 7 rings (SSSR count). The van der Waals surface area contributed by atoms with Crippen LogP contribution in [0.5, 0.6) is 0 Å². The summed E-state index contributed by atoms with van der Waals surface area (Å²) in [7, 11) is 0. The van der Waals surface area contributed by atoms with Crippen molar-refractivity contribution in [3.8, 4) is 22.3 Å². The van der Waals surface area contributed by atoms with Gasteiger partial charge in [0.05, 0.1) is 0 Å². The van der Waals surface area contributed by atoms with Gasteiger partial charge < -0.3 is 4.90 Å². The Morgan fingerprint density at radius 3 is 0.943 bits per heavy atom. The smallest absolute Gasteiger partial charge is 0.0449 e. The van der Waals surface area contributed by atoms with Gasteiger partial charge >= 0.3 is 0 Å². The molecule has 164 valence electrons. The third-order valence-electron chi connectivity index (χ3n) is 7.04. The van der Waals surface area contributed by atoms with Gasteiger partial charge in [0.25, 0.3) is 0 Å². The molecule has 0 radical (unpaired) electrons. The number of hydrogen-bond acceptors (Lipinski definition) is 1. The van der Waals surface area contributed by atoms with Crippen molar-refractivity contribution in [2.45, 2.75) is 0 Å². The fourth-order valence-corrected chi connectivity index (χ4v) is 5.44. The highest BCUT2D eigenvalue weighted by Gasteiger charge is 2.25. The van der Waals surface area contributed by atoms with Crippen molar-refractivity contribution in [3.05, 3.63) is 162 Å². The molecule has 0 atom stereocenters. The minimum Gasteiger partial charge on any atom is -0.323 e. The van der Waals surface area contributed by atoms with Crippen LogP contribution in [0, 0.1) is 0 Å². The van der Waals surface area contributed by atoms with Gasteiger partial charge in [-0.15, -0.1) is 0 Å². The lowest BCUT2D eigenvalue weighted by Crippen LogP contribution is -2.09. The molecule has 0 spiro atoms. The Morgan fingerprint density at radius 2 is 0.600 bits per heavy atom. The van der Waals surface area contributed by atoms with E-state index in [9.17, 15) is 0 Å². The lowest BCUT2D eigenvalue weighted by atomic mass is 10.0. The summed E-state index contributed by atoms with van der Waals surface area (Å²) in [6.45, 7) is 0. The summed E-state index contributed by atoms with van der Waals surface area (Å²) < 4.78 is 0. The average molecular weight is 446 g/mol. The zero-order valence-electron chi connectivity index (χ0n) is 19.2. The van der Waals surface area contributed by atoms with Crippen LogP contribution in [0.15, 0.2) is 140 Å². The van der Waals surface area contributed by atoms with Crippen LogP contribution >= 0.6 is 0 Å². The zero-order chi connectivity index (χ0) is 23.2. The molecule has 0 N–H and O–H groups in total. The van der Waals surface area contributed by atoms with E-state index in [1.807, 2.05) is 0 Å². The number of para-hydroxylation sites is 1. The van der Waals surface area contributed by atoms with E-state index >= 15 is 0 Å². The molecule has 0 amide bonds. The van der Waals surface area contributed by atoms with E-state index in [-0.39, 0.29) is 0 Å². The molecule has 5 aromatic carbocycles. The van der Waals surface area contributed by atoms with Gasteiger partial charge in [-0.1, -0.05) is 115 Å². The van der Waals surface area contributed by atoms with E-state index in [1.165, 1.54) is 55.7 Å². The SMILES string of the molecule is C(=C1c2ccccc2-c2ccccc21)N(C=C1c2ccccc2-c2ccccc21)c1ccccc1. The minimum atomic E-state index is 1.14. The van der Waals surface area contributed by atoms with E-state index in [0.29, 0.717) is 0 Å². The normalized spacial score (nSPS) is 12.5. The number of benzene rings is 5. The molecule has 0 fully saturated rings. The molecular formula is C34H23N. The number of anilines is 1. The topological polar surface area (TPSA) is 3.24 Å². The third kappa shape index (κ3) is 3.17. The van der Waals surface area contributed by atoms with E-state index in [4.69, 9.17) is 0 Å². The first kappa shape index (κ1) is 19.8. The molecule has 0 saturated carbocycles. The predicted molar refractivity (Wildman–Crippen MR) is 147 cm³/mol. The molecule has 5 aromatic rings. The largest absolute Gasteiger partial charge is 0.323 e. The Morgan fingerprint density at radius 1 is 0.314 bits per heavy atom. The molecule has 2 aliphatic carbocycles. The molecule has 0 bridgehead atoms. The Labute approximate surface area is 205 Å². The highest BCUT2D eigenvalue weighted by atomic mass is 15.1. The van der Waals surface area contributed by atoms with Gasteiger partial charge in [0.15, 0.2) is 0 Å². The molecule has 0 saturated heterocycles. The predicted octanol–water partition coefficient (Wildman–Crippen LogP) is 8.63. The summed E-state index contributed by atoms with van der Waals surface area (Å²) in [5.74, 6) is 0. The Kier molecular flexibility index (Phi) is 4.53. The fraction of sp³-hybridized carbons (Fsp3) is 0. The maximum atomic E-state index is 2.30. The van der Waals surface area contributed by atoms with Gasteiger partial charge in [-0.3, -0.25) is 0 Å². The third-order valence-corrected chi connectivity index (χ3v) is 7.04. The van der Waals surface area contributed by atoms with Crippen LogP contribution < -0.4 is 4.90 Å². The quantitative estimate of drug-likeness (QED) is 0.263. The minimum absolute atomic E-state index is 1.14. The van der Waals surface area contributed by atoms with Gasteiger partial charge in [-0.25, -0.2) is 0 Å². The molecule has 0 unspecified atom stereocenters. The van der Waals surface area contributed by atoms with Crippen LogP contribution in [0.1, 0.15) is 22.3 Å². The number of rotatable bonds is 3. The van der Waals surface area contributed by atoms with Gasteiger partial charge in [0.2, 0.25) is 0 Å². The summed E-state index contributed by atoms with van der Waals surface area (Å²) in [5, 5.41) is 0. The number of fused-ring (bicyclic) bond motifs is 6. The first-order valence-corrected chi connectivity index (χ1v) is 12.0. The summed E-state index contributed by atoms with van der Waals surface area (Å²) in [5.41, 5.74) is 13.9. The number of hydrogen-bond donors (Lipinski definition) is 0. The van der Waals surface area contributed by atoms with Crippen molar-refractivity contribution >= 4 is 16.8 Å². The van der Waals surface area contributed by atoms with Crippen molar-refractivity contribution in [1.29, 1.82) is 0 Å². The van der Waals surface area contributed by atoms with Crippen molar-refractivity contribution < 1.29 is 0 Å².